The number of amides is 3. The van der Waals surface area contributed by atoms with Crippen molar-refractivity contribution < 1.29 is 37.5 Å². The van der Waals surface area contributed by atoms with Gasteiger partial charge in [0.25, 0.3) is 5.91 Å². The van der Waals surface area contributed by atoms with Crippen LogP contribution in [0.3, 0.4) is 0 Å². The van der Waals surface area contributed by atoms with Gasteiger partial charge in [0.2, 0.25) is 11.8 Å². The van der Waals surface area contributed by atoms with E-state index in [4.69, 9.17) is 9.90 Å². The van der Waals surface area contributed by atoms with Crippen LogP contribution in [0.5, 0.6) is 0 Å². The van der Waals surface area contributed by atoms with Crippen LogP contribution in [0.4, 0.5) is 18.9 Å². The average Bonchev–Trinajstić information content (AvgIpc) is 2.77. The fourth-order valence-corrected chi connectivity index (χ4v) is 2.90. The Morgan fingerprint density at radius 1 is 1.12 bits per heavy atom. The summed E-state index contributed by atoms with van der Waals surface area (Å²) in [5.74, 6) is -2.98. The predicted octanol–water partition coefficient (Wildman–Crippen LogP) is 3.05. The van der Waals surface area contributed by atoms with Crippen molar-refractivity contribution in [2.24, 2.45) is 5.92 Å². The zero-order chi connectivity index (χ0) is 24.3. The quantitative estimate of drug-likeness (QED) is 0.605. The summed E-state index contributed by atoms with van der Waals surface area (Å²) < 4.78 is 31.7. The second kappa shape index (κ2) is 12.7. The number of carboxylic acids is 1. The Morgan fingerprint density at radius 3 is 2.22 bits per heavy atom. The number of rotatable bonds is 6. The van der Waals surface area contributed by atoms with Crippen molar-refractivity contribution in [2.75, 3.05) is 25.0 Å². The molecule has 0 aromatic heterocycles. The molecule has 0 spiro atoms. The van der Waals surface area contributed by atoms with E-state index in [0.29, 0.717) is 37.3 Å². The van der Waals surface area contributed by atoms with Gasteiger partial charge in [0, 0.05) is 37.3 Å². The van der Waals surface area contributed by atoms with Crippen molar-refractivity contribution in [1.82, 2.24) is 10.2 Å². The highest BCUT2D eigenvalue weighted by molar-refractivity contribution is 5.96. The highest BCUT2D eigenvalue weighted by Gasteiger charge is 2.38. The van der Waals surface area contributed by atoms with Crippen LogP contribution < -0.4 is 10.6 Å². The molecule has 1 unspecified atom stereocenters. The van der Waals surface area contributed by atoms with E-state index < -0.39 is 12.1 Å². The number of nitrogens with zero attached hydrogens (tertiary/aromatic N) is 1. The number of anilines is 1. The maximum absolute atomic E-state index is 12.7. The normalized spacial score (nSPS) is 15.8. The van der Waals surface area contributed by atoms with Crippen LogP contribution in [0.2, 0.25) is 0 Å². The molecule has 1 aliphatic rings. The first-order chi connectivity index (χ1) is 15.0. The first-order valence-electron chi connectivity index (χ1n) is 10.3. The molecule has 1 aromatic carbocycles. The van der Waals surface area contributed by atoms with Crippen molar-refractivity contribution in [3.05, 3.63) is 29.8 Å². The molecule has 0 bridgehead atoms. The van der Waals surface area contributed by atoms with Gasteiger partial charge < -0.3 is 20.6 Å². The number of carbonyl (C=O) groups excluding carboxylic acids is 3. The largest absolute Gasteiger partial charge is 0.490 e. The zero-order valence-electron chi connectivity index (χ0n) is 18.0. The van der Waals surface area contributed by atoms with E-state index in [2.05, 4.69) is 10.6 Å². The maximum Gasteiger partial charge on any atom is 0.490 e. The summed E-state index contributed by atoms with van der Waals surface area (Å²) in [7, 11) is 0. The van der Waals surface area contributed by atoms with E-state index >= 15 is 0 Å². The maximum atomic E-state index is 12.7. The number of hydrogen-bond acceptors (Lipinski definition) is 4. The molecule has 1 fully saturated rings. The number of likely N-dealkylation sites (tertiary alicyclic amines) is 1. The molecule has 1 atom stereocenters. The minimum atomic E-state index is -5.08. The molecule has 1 saturated heterocycles. The van der Waals surface area contributed by atoms with Crippen molar-refractivity contribution in [3.63, 3.8) is 0 Å². The van der Waals surface area contributed by atoms with Crippen molar-refractivity contribution in [2.45, 2.75) is 45.7 Å². The molecule has 8 nitrogen and oxygen atoms in total. The number of piperidine rings is 1. The van der Waals surface area contributed by atoms with Gasteiger partial charge in [-0.15, -0.1) is 0 Å². The van der Waals surface area contributed by atoms with Crippen LogP contribution in [-0.2, 0) is 14.4 Å². The molecule has 2 rings (SSSR count). The lowest BCUT2D eigenvalue weighted by Crippen LogP contribution is -2.45. The molecule has 1 aliphatic heterocycles. The summed E-state index contributed by atoms with van der Waals surface area (Å²) in [6.45, 7) is 5.61. The van der Waals surface area contributed by atoms with E-state index in [-0.39, 0.29) is 23.6 Å². The Labute approximate surface area is 184 Å². The highest BCUT2D eigenvalue weighted by Crippen LogP contribution is 2.20. The van der Waals surface area contributed by atoms with Gasteiger partial charge in [-0.25, -0.2) is 4.79 Å². The molecule has 32 heavy (non-hydrogen) atoms. The van der Waals surface area contributed by atoms with Crippen molar-refractivity contribution in [1.29, 1.82) is 0 Å². The molecule has 0 radical (unpaired) electrons. The van der Waals surface area contributed by atoms with Gasteiger partial charge in [-0.3, -0.25) is 14.4 Å². The molecule has 0 aliphatic carbocycles. The fourth-order valence-electron chi connectivity index (χ4n) is 2.90. The molecule has 11 heteroatoms. The zero-order valence-corrected chi connectivity index (χ0v) is 18.0. The molecule has 3 N–H and O–H groups in total. The average molecular weight is 459 g/mol. The fraction of sp³-hybridized carbons (Fsp3) is 0.524. The van der Waals surface area contributed by atoms with Gasteiger partial charge in [-0.2, -0.15) is 13.2 Å². The summed E-state index contributed by atoms with van der Waals surface area (Å²) in [4.78, 5) is 46.9. The van der Waals surface area contributed by atoms with Gasteiger partial charge in [0.05, 0.1) is 5.92 Å². The molecular weight excluding hydrogens is 431 g/mol. The lowest BCUT2D eigenvalue weighted by Gasteiger charge is -2.32. The second-order valence-corrected chi connectivity index (χ2v) is 7.16. The number of hydrogen-bond donors (Lipinski definition) is 3. The Kier molecular flexibility index (Phi) is 10.7. The Bertz CT molecular complexity index is 797. The van der Waals surface area contributed by atoms with E-state index in [1.54, 1.807) is 36.1 Å². The summed E-state index contributed by atoms with van der Waals surface area (Å²) in [6.07, 6.45) is -2.11. The van der Waals surface area contributed by atoms with Crippen LogP contribution in [0.1, 0.15) is 49.9 Å². The number of alkyl halides is 3. The minimum absolute atomic E-state index is 0.0389. The van der Waals surface area contributed by atoms with Crippen LogP contribution in [0.15, 0.2) is 24.3 Å². The predicted molar refractivity (Wildman–Crippen MR) is 111 cm³/mol. The Morgan fingerprint density at radius 2 is 1.72 bits per heavy atom. The third kappa shape index (κ3) is 8.94. The lowest BCUT2D eigenvalue weighted by molar-refractivity contribution is -0.192. The van der Waals surface area contributed by atoms with E-state index in [1.165, 1.54) is 0 Å². The van der Waals surface area contributed by atoms with E-state index in [1.807, 2.05) is 6.92 Å². The lowest BCUT2D eigenvalue weighted by atomic mass is 9.96. The summed E-state index contributed by atoms with van der Waals surface area (Å²) >= 11 is 0. The third-order valence-corrected chi connectivity index (χ3v) is 4.61. The van der Waals surface area contributed by atoms with Crippen molar-refractivity contribution >= 4 is 29.4 Å². The van der Waals surface area contributed by atoms with Crippen LogP contribution in [-0.4, -0.2) is 59.5 Å². The number of carbonyl (C=O) groups is 4. The number of benzene rings is 1. The smallest absolute Gasteiger partial charge is 0.475 e. The van der Waals surface area contributed by atoms with Gasteiger partial charge in [0.15, 0.2) is 0 Å². The first-order valence-corrected chi connectivity index (χ1v) is 10.3. The topological polar surface area (TPSA) is 116 Å². The van der Waals surface area contributed by atoms with Gasteiger partial charge in [0.1, 0.15) is 0 Å². The van der Waals surface area contributed by atoms with Crippen LogP contribution >= 0.6 is 0 Å². The van der Waals surface area contributed by atoms with E-state index in [9.17, 15) is 27.6 Å². The minimum Gasteiger partial charge on any atom is -0.475 e. The highest BCUT2D eigenvalue weighted by atomic mass is 19.4. The summed E-state index contributed by atoms with van der Waals surface area (Å²) in [5, 5.41) is 12.8. The Balaban J connectivity index is 0.000000633. The van der Waals surface area contributed by atoms with Crippen LogP contribution in [0, 0.1) is 5.92 Å². The summed E-state index contributed by atoms with van der Waals surface area (Å²) in [6, 6.07) is 6.90. The van der Waals surface area contributed by atoms with Crippen LogP contribution in [0.25, 0.3) is 0 Å². The molecule has 1 aromatic rings. The molecular formula is C21H28F3N3O5. The molecule has 178 valence electrons. The number of halogens is 3. The second-order valence-electron chi connectivity index (χ2n) is 7.16. The molecule has 1 heterocycles. The third-order valence-electron chi connectivity index (χ3n) is 4.61. The monoisotopic (exact) mass is 459 g/mol. The van der Waals surface area contributed by atoms with Gasteiger partial charge in [-0.1, -0.05) is 13.8 Å². The standard InChI is InChI=1S/C19H27N3O3.C2HF3O2/c1-3-11-20-18(24)15-6-5-12-22(13-15)19(25)14-7-9-16(10-8-14)21-17(23)4-2;3-2(4,5)1(6)7/h7-10,15H,3-6,11-13H2,1-2H3,(H,20,24)(H,21,23);(H,6,7). The number of nitrogens with one attached hydrogen (secondary N) is 2. The molecule has 3 amide bonds. The first kappa shape index (κ1) is 26.9. The SMILES string of the molecule is CCCNC(=O)C1CCCN(C(=O)c2ccc(NC(=O)CC)cc2)C1.O=C(O)C(F)(F)F. The number of carboxylic acid groups (broad SMARTS) is 1. The van der Waals surface area contributed by atoms with Gasteiger partial charge in [-0.05, 0) is 43.5 Å². The summed E-state index contributed by atoms with van der Waals surface area (Å²) in [5.41, 5.74) is 1.25. The number of aliphatic carboxylic acids is 1. The van der Waals surface area contributed by atoms with Gasteiger partial charge >= 0.3 is 12.1 Å². The van der Waals surface area contributed by atoms with Crippen molar-refractivity contribution in [3.8, 4) is 0 Å². The van der Waals surface area contributed by atoms with E-state index in [0.717, 1.165) is 19.3 Å². The Hall–Kier alpha value is -3.11. The molecule has 0 saturated carbocycles.